The number of hydrogen-bond donors (Lipinski definition) is 1. The summed E-state index contributed by atoms with van der Waals surface area (Å²) >= 11 is 0. The van der Waals surface area contributed by atoms with Gasteiger partial charge in [-0.15, -0.1) is 0 Å². The normalized spacial score (nSPS) is 29.3. The van der Waals surface area contributed by atoms with Crippen LogP contribution in [0.25, 0.3) is 0 Å². The van der Waals surface area contributed by atoms with E-state index in [2.05, 4.69) is 12.2 Å². The zero-order valence-electron chi connectivity index (χ0n) is 10.1. The third kappa shape index (κ3) is 2.48. The molecule has 1 aliphatic rings. The van der Waals surface area contributed by atoms with Gasteiger partial charge in [-0.1, -0.05) is 13.0 Å². The molecule has 17 heavy (non-hydrogen) atoms. The molecule has 0 aromatic heterocycles. The molecule has 1 saturated heterocycles. The molecule has 2 atom stereocenters. The van der Waals surface area contributed by atoms with Gasteiger partial charge in [-0.05, 0) is 25.5 Å². The van der Waals surface area contributed by atoms with Crippen molar-refractivity contribution < 1.29 is 13.5 Å². The van der Waals surface area contributed by atoms with Crippen molar-refractivity contribution >= 4 is 0 Å². The highest BCUT2D eigenvalue weighted by Crippen LogP contribution is 2.28. The van der Waals surface area contributed by atoms with Gasteiger partial charge >= 0.3 is 0 Å². The Morgan fingerprint density at radius 2 is 2.06 bits per heavy atom. The Hall–Kier alpha value is -1.00. The van der Waals surface area contributed by atoms with Gasteiger partial charge < -0.3 is 10.1 Å². The molecule has 2 rings (SSSR count). The third-order valence-corrected chi connectivity index (χ3v) is 3.42. The summed E-state index contributed by atoms with van der Waals surface area (Å²) in [5, 5.41) is 3.29. The van der Waals surface area contributed by atoms with Crippen LogP contribution >= 0.6 is 0 Å². The van der Waals surface area contributed by atoms with Crippen LogP contribution < -0.4 is 5.32 Å². The van der Waals surface area contributed by atoms with Gasteiger partial charge in [0.1, 0.15) is 17.7 Å². The van der Waals surface area contributed by atoms with Gasteiger partial charge in [0.25, 0.3) is 0 Å². The van der Waals surface area contributed by atoms with Gasteiger partial charge in [0.2, 0.25) is 0 Å². The number of halogens is 2. The maximum atomic E-state index is 13.6. The van der Waals surface area contributed by atoms with E-state index in [-0.39, 0.29) is 11.1 Å². The first kappa shape index (κ1) is 12.5. The van der Waals surface area contributed by atoms with Crippen LogP contribution in [0.15, 0.2) is 18.2 Å². The van der Waals surface area contributed by atoms with Crippen molar-refractivity contribution in [3.8, 4) is 0 Å². The van der Waals surface area contributed by atoms with E-state index in [1.165, 1.54) is 18.2 Å². The molecule has 0 saturated carbocycles. The van der Waals surface area contributed by atoms with E-state index in [1.54, 1.807) is 0 Å². The van der Waals surface area contributed by atoms with Crippen LogP contribution in [-0.4, -0.2) is 18.7 Å². The molecule has 1 aromatic rings. The molecule has 94 valence electrons. The molecule has 2 nitrogen and oxygen atoms in total. The van der Waals surface area contributed by atoms with Gasteiger partial charge in [0.05, 0.1) is 12.2 Å². The van der Waals surface area contributed by atoms with Crippen molar-refractivity contribution in [1.29, 1.82) is 0 Å². The van der Waals surface area contributed by atoms with Crippen molar-refractivity contribution in [2.75, 3.05) is 13.2 Å². The summed E-state index contributed by atoms with van der Waals surface area (Å²) in [4.78, 5) is 0. The van der Waals surface area contributed by atoms with E-state index in [0.29, 0.717) is 13.2 Å². The largest absolute Gasteiger partial charge is 0.370 e. The summed E-state index contributed by atoms with van der Waals surface area (Å²) in [5.74, 6) is -1.09. The molecule has 1 N–H and O–H groups in total. The lowest BCUT2D eigenvalue weighted by molar-refractivity contribution is -0.0330. The van der Waals surface area contributed by atoms with Crippen molar-refractivity contribution in [3.05, 3.63) is 35.4 Å². The molecule has 1 fully saturated rings. The van der Waals surface area contributed by atoms with Gasteiger partial charge in [-0.2, -0.15) is 0 Å². The van der Waals surface area contributed by atoms with Gasteiger partial charge in [0, 0.05) is 12.1 Å². The molecule has 2 unspecified atom stereocenters. The van der Waals surface area contributed by atoms with E-state index < -0.39 is 17.7 Å². The first-order valence-corrected chi connectivity index (χ1v) is 5.86. The van der Waals surface area contributed by atoms with Crippen molar-refractivity contribution in [2.45, 2.75) is 31.9 Å². The van der Waals surface area contributed by atoms with Crippen LogP contribution in [0.4, 0.5) is 8.78 Å². The van der Waals surface area contributed by atoms with E-state index in [4.69, 9.17) is 4.74 Å². The highest BCUT2D eigenvalue weighted by molar-refractivity contribution is 5.23. The number of hydrogen-bond acceptors (Lipinski definition) is 2. The lowest BCUT2D eigenvalue weighted by Crippen LogP contribution is -2.52. The monoisotopic (exact) mass is 241 g/mol. The fraction of sp³-hybridized carbons (Fsp3) is 0.538. The van der Waals surface area contributed by atoms with Crippen molar-refractivity contribution in [2.24, 2.45) is 0 Å². The summed E-state index contributed by atoms with van der Waals surface area (Å²) in [6, 6.07) is 3.88. The van der Waals surface area contributed by atoms with Gasteiger partial charge in [-0.25, -0.2) is 8.78 Å². The number of rotatable bonds is 2. The van der Waals surface area contributed by atoms with Crippen LogP contribution in [0, 0.1) is 11.6 Å². The van der Waals surface area contributed by atoms with Crippen LogP contribution in [0.3, 0.4) is 0 Å². The van der Waals surface area contributed by atoms with Crippen LogP contribution in [0.2, 0.25) is 0 Å². The first-order valence-electron chi connectivity index (χ1n) is 5.86. The Morgan fingerprint density at radius 1 is 1.41 bits per heavy atom. The van der Waals surface area contributed by atoms with E-state index in [1.807, 2.05) is 6.92 Å². The van der Waals surface area contributed by atoms with Crippen molar-refractivity contribution in [3.63, 3.8) is 0 Å². The summed E-state index contributed by atoms with van der Waals surface area (Å²) in [6.07, 6.45) is 0.371. The number of benzene rings is 1. The number of ether oxygens (including phenoxy) is 1. The lowest BCUT2D eigenvalue weighted by atomic mass is 9.96. The summed E-state index contributed by atoms with van der Waals surface area (Å²) in [7, 11) is 0. The number of nitrogens with one attached hydrogen (secondary N) is 1. The summed E-state index contributed by atoms with van der Waals surface area (Å²) < 4.78 is 32.7. The van der Waals surface area contributed by atoms with Crippen molar-refractivity contribution in [1.82, 2.24) is 5.32 Å². The van der Waals surface area contributed by atoms with E-state index in [0.717, 1.165) is 6.42 Å². The number of morpholine rings is 1. The smallest absolute Gasteiger partial charge is 0.132 e. The van der Waals surface area contributed by atoms with E-state index >= 15 is 0 Å². The molecular formula is C13H17F2NO. The van der Waals surface area contributed by atoms with Gasteiger partial charge in [-0.3, -0.25) is 0 Å². The van der Waals surface area contributed by atoms with Crippen LogP contribution in [-0.2, 0) is 4.74 Å². The minimum Gasteiger partial charge on any atom is -0.370 e. The van der Waals surface area contributed by atoms with Crippen LogP contribution in [0.5, 0.6) is 0 Å². The maximum absolute atomic E-state index is 13.6. The SMILES string of the molecule is CCC1(C)COC(c2c(F)cccc2F)CN1. The Labute approximate surface area is 100.0 Å². The predicted octanol–water partition coefficient (Wildman–Crippen LogP) is 2.79. The molecule has 0 bridgehead atoms. The fourth-order valence-corrected chi connectivity index (χ4v) is 1.96. The molecule has 1 aliphatic heterocycles. The standard InChI is InChI=1S/C13H17F2NO/c1-3-13(2)8-17-11(7-16-13)12-9(14)5-4-6-10(12)15/h4-6,11,16H,3,7-8H2,1-2H3. The Morgan fingerprint density at radius 3 is 2.53 bits per heavy atom. The second-order valence-electron chi connectivity index (χ2n) is 4.73. The molecule has 1 heterocycles. The molecule has 1 aromatic carbocycles. The second-order valence-corrected chi connectivity index (χ2v) is 4.73. The topological polar surface area (TPSA) is 21.3 Å². The summed E-state index contributed by atoms with van der Waals surface area (Å²) in [6.45, 7) is 4.99. The maximum Gasteiger partial charge on any atom is 0.132 e. The minimum atomic E-state index is -0.546. The average molecular weight is 241 g/mol. The minimum absolute atomic E-state index is 0.0261. The third-order valence-electron chi connectivity index (χ3n) is 3.42. The Kier molecular flexibility index (Phi) is 3.45. The predicted molar refractivity (Wildman–Crippen MR) is 61.7 cm³/mol. The lowest BCUT2D eigenvalue weighted by Gasteiger charge is -2.38. The molecule has 0 amide bonds. The fourth-order valence-electron chi connectivity index (χ4n) is 1.96. The highest BCUT2D eigenvalue weighted by Gasteiger charge is 2.32. The second kappa shape index (κ2) is 4.70. The average Bonchev–Trinajstić information content (AvgIpc) is 2.31. The Bertz CT molecular complexity index is 380. The summed E-state index contributed by atoms with van der Waals surface area (Å²) in [5.41, 5.74) is -0.0729. The zero-order valence-corrected chi connectivity index (χ0v) is 10.1. The van der Waals surface area contributed by atoms with Gasteiger partial charge in [0.15, 0.2) is 0 Å². The molecule has 0 aliphatic carbocycles. The first-order chi connectivity index (χ1) is 8.06. The molecule has 0 spiro atoms. The quantitative estimate of drug-likeness (QED) is 0.859. The van der Waals surface area contributed by atoms with E-state index in [9.17, 15) is 8.78 Å². The Balaban J connectivity index is 2.16. The highest BCUT2D eigenvalue weighted by atomic mass is 19.1. The van der Waals surface area contributed by atoms with Crippen LogP contribution in [0.1, 0.15) is 31.9 Å². The molecule has 4 heteroatoms. The molecular weight excluding hydrogens is 224 g/mol. The zero-order chi connectivity index (χ0) is 12.5. The molecule has 0 radical (unpaired) electrons.